The first-order valence-corrected chi connectivity index (χ1v) is 9.57. The molecule has 0 spiro atoms. The van der Waals surface area contributed by atoms with E-state index in [0.29, 0.717) is 11.4 Å². The predicted octanol–water partition coefficient (Wildman–Crippen LogP) is 4.59. The van der Waals surface area contributed by atoms with Gasteiger partial charge in [0.2, 0.25) is 5.91 Å². The number of nitrogens with zero attached hydrogens (tertiary/aromatic N) is 3. The lowest BCUT2D eigenvalue weighted by Gasteiger charge is -2.11. The number of aryl methyl sites for hydroxylation is 2. The molecule has 0 saturated heterocycles. The molecule has 1 heterocycles. The lowest BCUT2D eigenvalue weighted by atomic mass is 10.3. The van der Waals surface area contributed by atoms with Crippen molar-refractivity contribution in [3.05, 3.63) is 76.1 Å². The molecule has 1 aromatic heterocycles. The highest BCUT2D eigenvalue weighted by atomic mass is 32.2. The number of para-hydroxylation sites is 1. The average molecular weight is 396 g/mol. The molecule has 1 N–H and O–H groups in total. The Bertz CT molecular complexity index is 1000. The minimum Gasteiger partial charge on any atom is -0.325 e. The van der Waals surface area contributed by atoms with E-state index in [1.807, 2.05) is 54.6 Å². The maximum atomic E-state index is 12.4. The molecule has 0 atom stereocenters. The minimum atomic E-state index is -0.439. The molecule has 144 valence electrons. The number of hydrogen-bond donors (Lipinski definition) is 1. The topological polar surface area (TPSA) is 90.1 Å². The summed E-state index contributed by atoms with van der Waals surface area (Å²) in [5.74, 6) is -0.170. The zero-order valence-corrected chi connectivity index (χ0v) is 16.4. The third-order valence-electron chi connectivity index (χ3n) is 4.21. The second kappa shape index (κ2) is 8.71. The van der Waals surface area contributed by atoms with Crippen LogP contribution < -0.4 is 5.32 Å². The largest absolute Gasteiger partial charge is 0.325 e. The van der Waals surface area contributed by atoms with Crippen molar-refractivity contribution in [3.63, 3.8) is 0 Å². The number of hydrogen-bond acceptors (Lipinski definition) is 5. The van der Waals surface area contributed by atoms with E-state index >= 15 is 0 Å². The van der Waals surface area contributed by atoms with Crippen LogP contribution in [0.2, 0.25) is 0 Å². The summed E-state index contributed by atoms with van der Waals surface area (Å²) >= 11 is 1.57. The maximum Gasteiger partial charge on any atom is 0.312 e. The molecule has 8 heteroatoms. The van der Waals surface area contributed by atoms with Gasteiger partial charge in [0.1, 0.15) is 11.4 Å². The highest BCUT2D eigenvalue weighted by Gasteiger charge is 2.21. The highest BCUT2D eigenvalue weighted by Crippen LogP contribution is 2.33. The molecule has 2 aromatic carbocycles. The Morgan fingerprint density at radius 2 is 1.82 bits per heavy atom. The molecular weight excluding hydrogens is 376 g/mol. The monoisotopic (exact) mass is 396 g/mol. The van der Waals surface area contributed by atoms with Gasteiger partial charge in [0.15, 0.2) is 0 Å². The summed E-state index contributed by atoms with van der Waals surface area (Å²) in [6.45, 7) is 3.51. The smallest absolute Gasteiger partial charge is 0.312 e. The van der Waals surface area contributed by atoms with Crippen molar-refractivity contribution in [2.24, 2.45) is 0 Å². The lowest BCUT2D eigenvalue weighted by Crippen LogP contribution is -2.16. The summed E-state index contributed by atoms with van der Waals surface area (Å²) in [4.78, 5) is 25.1. The van der Waals surface area contributed by atoms with Crippen molar-refractivity contribution in [1.29, 1.82) is 0 Å². The van der Waals surface area contributed by atoms with Crippen LogP contribution in [0.15, 0.2) is 64.4 Å². The molecular formula is C20H20N4O3S. The number of nitrogens with one attached hydrogen (secondary N) is 1. The molecule has 1 amide bonds. The number of amides is 1. The standard InChI is InChI=1S/C20H20N4O3S/c1-14-20(24(26)27)15(2)23(22-14)13-12-19(25)21-17-10-6-7-11-18(17)28-16-8-4-3-5-9-16/h3-11H,12-13H2,1-2H3,(H,21,25). The van der Waals surface area contributed by atoms with Gasteiger partial charge < -0.3 is 5.32 Å². The number of rotatable bonds is 7. The van der Waals surface area contributed by atoms with Gasteiger partial charge in [0.25, 0.3) is 0 Å². The molecule has 3 aromatic rings. The van der Waals surface area contributed by atoms with Crippen LogP contribution in [0.5, 0.6) is 0 Å². The third-order valence-corrected chi connectivity index (χ3v) is 5.29. The summed E-state index contributed by atoms with van der Waals surface area (Å²) in [5, 5.41) is 18.2. The third kappa shape index (κ3) is 4.58. The van der Waals surface area contributed by atoms with Gasteiger partial charge in [0.05, 0.1) is 17.2 Å². The van der Waals surface area contributed by atoms with Crippen molar-refractivity contribution < 1.29 is 9.72 Å². The molecule has 0 aliphatic rings. The summed E-state index contributed by atoms with van der Waals surface area (Å²) in [6, 6.07) is 17.5. The molecule has 0 aliphatic heterocycles. The van der Waals surface area contributed by atoms with Crippen LogP contribution in [0.25, 0.3) is 0 Å². The van der Waals surface area contributed by atoms with Crippen molar-refractivity contribution in [2.75, 3.05) is 5.32 Å². The molecule has 0 bridgehead atoms. The van der Waals surface area contributed by atoms with Gasteiger partial charge in [-0.05, 0) is 38.1 Å². The van der Waals surface area contributed by atoms with E-state index in [9.17, 15) is 14.9 Å². The van der Waals surface area contributed by atoms with Gasteiger partial charge in [-0.2, -0.15) is 5.10 Å². The van der Waals surface area contributed by atoms with Crippen LogP contribution in [0.1, 0.15) is 17.8 Å². The second-order valence-corrected chi connectivity index (χ2v) is 7.32. The first-order valence-electron chi connectivity index (χ1n) is 8.76. The van der Waals surface area contributed by atoms with Gasteiger partial charge in [-0.3, -0.25) is 19.6 Å². The van der Waals surface area contributed by atoms with E-state index in [-0.39, 0.29) is 24.6 Å². The van der Waals surface area contributed by atoms with E-state index in [4.69, 9.17) is 0 Å². The Morgan fingerprint density at radius 3 is 2.50 bits per heavy atom. The number of benzene rings is 2. The zero-order chi connectivity index (χ0) is 20.1. The molecule has 28 heavy (non-hydrogen) atoms. The molecule has 0 saturated carbocycles. The zero-order valence-electron chi connectivity index (χ0n) is 15.6. The minimum absolute atomic E-state index is 0.00464. The van der Waals surface area contributed by atoms with Crippen molar-refractivity contribution in [2.45, 2.75) is 36.6 Å². The number of carbonyl (C=O) groups excluding carboxylic acids is 1. The van der Waals surface area contributed by atoms with Gasteiger partial charge in [-0.1, -0.05) is 42.1 Å². The Kier molecular flexibility index (Phi) is 6.10. The summed E-state index contributed by atoms with van der Waals surface area (Å²) in [6.07, 6.45) is 0.170. The summed E-state index contributed by atoms with van der Waals surface area (Å²) in [7, 11) is 0. The Balaban J connectivity index is 1.66. The highest BCUT2D eigenvalue weighted by molar-refractivity contribution is 7.99. The molecule has 0 aliphatic carbocycles. The lowest BCUT2D eigenvalue weighted by molar-refractivity contribution is -0.386. The van der Waals surface area contributed by atoms with Crippen molar-refractivity contribution in [1.82, 2.24) is 9.78 Å². The average Bonchev–Trinajstić information content (AvgIpc) is 2.96. The van der Waals surface area contributed by atoms with E-state index < -0.39 is 4.92 Å². The summed E-state index contributed by atoms with van der Waals surface area (Å²) in [5.41, 5.74) is 1.55. The SMILES string of the molecule is Cc1nn(CCC(=O)Nc2ccccc2Sc2ccccc2)c(C)c1[N+](=O)[O-]. The predicted molar refractivity (Wildman–Crippen MR) is 109 cm³/mol. The van der Waals surface area contributed by atoms with Crippen LogP contribution >= 0.6 is 11.8 Å². The van der Waals surface area contributed by atoms with Gasteiger partial charge in [-0.15, -0.1) is 0 Å². The number of aromatic nitrogens is 2. The maximum absolute atomic E-state index is 12.4. The number of carbonyl (C=O) groups is 1. The van der Waals surface area contributed by atoms with E-state index in [1.54, 1.807) is 25.6 Å². The normalized spacial score (nSPS) is 10.6. The van der Waals surface area contributed by atoms with Crippen LogP contribution in [-0.4, -0.2) is 20.6 Å². The second-order valence-electron chi connectivity index (χ2n) is 6.21. The molecule has 3 rings (SSSR count). The van der Waals surface area contributed by atoms with Crippen LogP contribution in [0.3, 0.4) is 0 Å². The summed E-state index contributed by atoms with van der Waals surface area (Å²) < 4.78 is 1.51. The Labute approximate surface area is 166 Å². The number of anilines is 1. The molecule has 0 radical (unpaired) electrons. The van der Waals surface area contributed by atoms with Crippen molar-refractivity contribution in [3.8, 4) is 0 Å². The van der Waals surface area contributed by atoms with Gasteiger partial charge in [-0.25, -0.2) is 0 Å². The van der Waals surface area contributed by atoms with Crippen LogP contribution in [0, 0.1) is 24.0 Å². The van der Waals surface area contributed by atoms with E-state index in [0.717, 1.165) is 15.5 Å². The molecule has 7 nitrogen and oxygen atoms in total. The van der Waals surface area contributed by atoms with Crippen LogP contribution in [-0.2, 0) is 11.3 Å². The Morgan fingerprint density at radius 1 is 1.14 bits per heavy atom. The van der Waals surface area contributed by atoms with Gasteiger partial charge >= 0.3 is 5.69 Å². The van der Waals surface area contributed by atoms with E-state index in [2.05, 4.69) is 10.4 Å². The Hall–Kier alpha value is -3.13. The first-order chi connectivity index (χ1) is 13.5. The fourth-order valence-corrected chi connectivity index (χ4v) is 3.79. The number of nitro groups is 1. The molecule has 0 fully saturated rings. The fourth-order valence-electron chi connectivity index (χ4n) is 2.86. The first kappa shape index (κ1) is 19.6. The quantitative estimate of drug-likeness (QED) is 0.466. The molecule has 0 unspecified atom stereocenters. The fraction of sp³-hybridized carbons (Fsp3) is 0.200. The van der Waals surface area contributed by atoms with E-state index in [1.165, 1.54) is 4.68 Å². The van der Waals surface area contributed by atoms with Crippen molar-refractivity contribution >= 4 is 29.0 Å². The van der Waals surface area contributed by atoms with Gasteiger partial charge in [0, 0.05) is 16.2 Å². The van der Waals surface area contributed by atoms with Crippen LogP contribution in [0.4, 0.5) is 11.4 Å².